The molecular formula is C64H115NO14S. The smallest absolute Gasteiger partial charge is 0.335 e. The molecule has 80 heavy (non-hydrogen) atoms. The summed E-state index contributed by atoms with van der Waals surface area (Å²) in [6, 6.07) is 0. The number of carbonyl (C=O) groups excluding carboxylic acids is 4. The first-order chi connectivity index (χ1) is 38.6. The minimum atomic E-state index is -4.86. The topological polar surface area (TPSA) is 231 Å². The molecule has 466 valence electrons. The van der Waals surface area contributed by atoms with Crippen LogP contribution in [0.2, 0.25) is 0 Å². The number of hydrogen-bond acceptors (Lipinski definition) is 12. The summed E-state index contributed by atoms with van der Waals surface area (Å²) >= 11 is 0. The van der Waals surface area contributed by atoms with E-state index in [9.17, 15) is 52.3 Å². The van der Waals surface area contributed by atoms with E-state index in [-0.39, 0.29) is 19.3 Å². The molecule has 0 aliphatic carbocycles. The van der Waals surface area contributed by atoms with Crippen LogP contribution < -0.4 is 0 Å². The highest BCUT2D eigenvalue weighted by Crippen LogP contribution is 2.24. The second kappa shape index (κ2) is 53.4. The average Bonchev–Trinajstić information content (AvgIpc) is 3.45. The van der Waals surface area contributed by atoms with Crippen molar-refractivity contribution in [1.82, 2.24) is 4.90 Å². The predicted octanol–water partition coefficient (Wildman–Crippen LogP) is 15.0. The molecule has 0 aliphatic heterocycles. The molecule has 0 saturated heterocycles. The van der Waals surface area contributed by atoms with E-state index < -0.39 is 89.8 Å². The van der Waals surface area contributed by atoms with Gasteiger partial charge in [-0.25, -0.2) is 4.79 Å². The Labute approximate surface area is 486 Å². The summed E-state index contributed by atoms with van der Waals surface area (Å²) < 4.78 is 51.4. The Hall–Kier alpha value is -3.60. The molecule has 16 heteroatoms. The maximum absolute atomic E-state index is 14.1. The molecule has 0 spiro atoms. The Morgan fingerprint density at radius 2 is 0.662 bits per heavy atom. The SMILES string of the molecule is CCCCCCCC/C=C\CCCCCCCC(=O)OCC(COC(=O)CCCCCCC/C=C\CCCCCCCC)(COC(=O)CCCCCCC/C=C\CCCCCCCC)N(CCS(=O)(=O)O)C(=O)C(O)C(O)C(=O)O. The van der Waals surface area contributed by atoms with E-state index in [4.69, 9.17) is 14.2 Å². The normalized spacial score (nSPS) is 12.9. The van der Waals surface area contributed by atoms with Crippen LogP contribution in [0.1, 0.15) is 290 Å². The zero-order chi connectivity index (χ0) is 59.2. The Balaban J connectivity index is 6.01. The van der Waals surface area contributed by atoms with Gasteiger partial charge in [0.2, 0.25) is 0 Å². The predicted molar refractivity (Wildman–Crippen MR) is 322 cm³/mol. The van der Waals surface area contributed by atoms with Crippen LogP contribution >= 0.6 is 0 Å². The molecule has 0 aliphatic rings. The largest absolute Gasteiger partial charge is 0.479 e. The van der Waals surface area contributed by atoms with Crippen molar-refractivity contribution in [2.75, 3.05) is 32.1 Å². The standard InChI is InChI=1S/C64H115NO14S/c1-4-7-10-13-16-19-22-25-28-31-34-37-40-43-46-49-57(66)77-54-64(65(52-53-80(74,75)76)62(71)60(69)61(70)63(72)73,55-78-58(67)50-47-44-41-38-35-32-29-26-23-20-17-14-11-8-5-2)56-79-59(68)51-48-45-42-39-36-33-30-27-24-21-18-15-12-9-6-3/h25-30,60-61,69-70H,4-24,31-56H2,1-3H3,(H,72,73)(H,74,75,76)/b28-25-,29-26-,30-27-. The third-order valence-corrected chi connectivity index (χ3v) is 15.3. The number of carboxylic acids is 1. The van der Waals surface area contributed by atoms with Crippen molar-refractivity contribution in [2.45, 2.75) is 308 Å². The number of ether oxygens (including phenoxy) is 3. The van der Waals surface area contributed by atoms with Gasteiger partial charge in [0, 0.05) is 25.8 Å². The van der Waals surface area contributed by atoms with Gasteiger partial charge in [-0.15, -0.1) is 0 Å². The van der Waals surface area contributed by atoms with Crippen molar-refractivity contribution in [3.8, 4) is 0 Å². The van der Waals surface area contributed by atoms with Gasteiger partial charge in [-0.3, -0.25) is 23.7 Å². The number of carbonyl (C=O) groups is 5. The monoisotopic (exact) mass is 1150 g/mol. The van der Waals surface area contributed by atoms with Gasteiger partial charge in [-0.1, -0.05) is 211 Å². The molecule has 0 aromatic heterocycles. The van der Waals surface area contributed by atoms with Crippen LogP contribution in [0.15, 0.2) is 36.5 Å². The first kappa shape index (κ1) is 76.4. The highest BCUT2D eigenvalue weighted by Gasteiger charge is 2.48. The van der Waals surface area contributed by atoms with Gasteiger partial charge in [-0.05, 0) is 96.3 Å². The van der Waals surface area contributed by atoms with Crippen LogP contribution in [-0.4, -0.2) is 113 Å². The number of aliphatic hydroxyl groups is 2. The number of esters is 3. The lowest BCUT2D eigenvalue weighted by atomic mass is 9.97. The van der Waals surface area contributed by atoms with E-state index in [0.29, 0.717) is 24.2 Å². The van der Waals surface area contributed by atoms with E-state index >= 15 is 0 Å². The quantitative estimate of drug-likeness (QED) is 0.0146. The van der Waals surface area contributed by atoms with Crippen molar-refractivity contribution < 1.29 is 66.5 Å². The zero-order valence-electron chi connectivity index (χ0n) is 50.6. The fourth-order valence-corrected chi connectivity index (χ4v) is 9.87. The molecule has 15 nitrogen and oxygen atoms in total. The average molecular weight is 1150 g/mol. The lowest BCUT2D eigenvalue weighted by molar-refractivity contribution is -0.179. The van der Waals surface area contributed by atoms with E-state index in [0.717, 1.165) is 116 Å². The maximum atomic E-state index is 14.1. The highest BCUT2D eigenvalue weighted by molar-refractivity contribution is 7.85. The molecule has 0 aromatic rings. The highest BCUT2D eigenvalue weighted by atomic mass is 32.2. The molecule has 0 aromatic carbocycles. The summed E-state index contributed by atoms with van der Waals surface area (Å²) in [5.74, 6) is -6.86. The third kappa shape index (κ3) is 45.9. The minimum Gasteiger partial charge on any atom is -0.479 e. The van der Waals surface area contributed by atoms with Crippen molar-refractivity contribution in [2.24, 2.45) is 0 Å². The third-order valence-electron chi connectivity index (χ3n) is 14.7. The zero-order valence-corrected chi connectivity index (χ0v) is 51.4. The van der Waals surface area contributed by atoms with Crippen molar-refractivity contribution in [3.05, 3.63) is 36.5 Å². The summed E-state index contributed by atoms with van der Waals surface area (Å²) in [7, 11) is -4.86. The van der Waals surface area contributed by atoms with Crippen LogP contribution in [0.4, 0.5) is 0 Å². The van der Waals surface area contributed by atoms with E-state index in [1.165, 1.54) is 116 Å². The van der Waals surface area contributed by atoms with Crippen LogP contribution in [-0.2, 0) is 48.3 Å². The van der Waals surface area contributed by atoms with Crippen LogP contribution in [0.5, 0.6) is 0 Å². The molecule has 0 saturated carbocycles. The first-order valence-electron chi connectivity index (χ1n) is 31.9. The summed E-state index contributed by atoms with van der Waals surface area (Å²) in [6.45, 7) is 3.16. The Morgan fingerprint density at radius 1 is 0.412 bits per heavy atom. The molecule has 1 amide bonds. The number of allylic oxidation sites excluding steroid dienone is 6. The number of unbranched alkanes of at least 4 members (excludes halogenated alkanes) is 33. The molecule has 0 heterocycles. The minimum absolute atomic E-state index is 0.0436. The lowest BCUT2D eigenvalue weighted by Gasteiger charge is -2.43. The molecule has 0 bridgehead atoms. The Morgan fingerprint density at radius 3 is 0.912 bits per heavy atom. The molecule has 4 N–H and O–H groups in total. The van der Waals surface area contributed by atoms with Gasteiger partial charge in [0.15, 0.2) is 12.2 Å². The number of aliphatic carboxylic acids is 1. The summed E-state index contributed by atoms with van der Waals surface area (Å²) in [4.78, 5) is 66.7. The van der Waals surface area contributed by atoms with Crippen LogP contribution in [0.25, 0.3) is 0 Å². The molecule has 0 radical (unpaired) electrons. The van der Waals surface area contributed by atoms with Gasteiger partial charge in [-0.2, -0.15) is 8.42 Å². The molecule has 2 unspecified atom stereocenters. The fraction of sp³-hybridized carbons (Fsp3) is 0.828. The number of nitrogens with zero attached hydrogens (tertiary/aromatic N) is 1. The number of amides is 1. The summed E-state index contributed by atoms with van der Waals surface area (Å²) in [5, 5.41) is 30.7. The van der Waals surface area contributed by atoms with E-state index in [2.05, 4.69) is 57.2 Å². The van der Waals surface area contributed by atoms with Gasteiger partial charge < -0.3 is 34.4 Å². The van der Waals surface area contributed by atoms with Crippen molar-refractivity contribution in [3.63, 3.8) is 0 Å². The second-order valence-corrected chi connectivity index (χ2v) is 23.8. The van der Waals surface area contributed by atoms with E-state index in [1.54, 1.807) is 0 Å². The van der Waals surface area contributed by atoms with Gasteiger partial charge in [0.25, 0.3) is 16.0 Å². The fourth-order valence-electron chi connectivity index (χ4n) is 9.46. The molecule has 2 atom stereocenters. The van der Waals surface area contributed by atoms with Crippen molar-refractivity contribution >= 4 is 39.9 Å². The lowest BCUT2D eigenvalue weighted by Crippen LogP contribution is -2.65. The number of aliphatic hydroxyl groups excluding tert-OH is 2. The summed E-state index contributed by atoms with van der Waals surface area (Å²) in [6.07, 6.45) is 49.1. The van der Waals surface area contributed by atoms with Gasteiger partial charge >= 0.3 is 23.9 Å². The van der Waals surface area contributed by atoms with Crippen LogP contribution in [0.3, 0.4) is 0 Å². The molecule has 0 fully saturated rings. The Bertz CT molecular complexity index is 1610. The van der Waals surface area contributed by atoms with Crippen molar-refractivity contribution in [1.29, 1.82) is 0 Å². The molecular weight excluding hydrogens is 1040 g/mol. The Kier molecular flexibility index (Phi) is 51.0. The second-order valence-electron chi connectivity index (χ2n) is 22.2. The number of rotatable bonds is 58. The number of carboxylic acid groups (broad SMARTS) is 1. The van der Waals surface area contributed by atoms with Crippen LogP contribution in [0, 0.1) is 0 Å². The van der Waals surface area contributed by atoms with Gasteiger partial charge in [0.1, 0.15) is 25.4 Å². The van der Waals surface area contributed by atoms with Gasteiger partial charge in [0.05, 0.1) is 5.75 Å². The summed E-state index contributed by atoms with van der Waals surface area (Å²) in [5.41, 5.74) is -2.24. The van der Waals surface area contributed by atoms with E-state index in [1.807, 2.05) is 0 Å². The first-order valence-corrected chi connectivity index (χ1v) is 33.5. The number of hydrogen-bond donors (Lipinski definition) is 4. The molecule has 0 rings (SSSR count). The maximum Gasteiger partial charge on any atom is 0.335 e.